The Morgan fingerprint density at radius 2 is 2.36 bits per heavy atom. The van der Waals surface area contributed by atoms with Crippen molar-refractivity contribution in [2.75, 3.05) is 39.4 Å². The summed E-state index contributed by atoms with van der Waals surface area (Å²) in [6.45, 7) is 5.80. The molecule has 0 aliphatic carbocycles. The zero-order valence-corrected chi connectivity index (χ0v) is 14.6. The third-order valence-corrected chi connectivity index (χ3v) is 6.27. The molecule has 1 unspecified atom stereocenters. The third kappa shape index (κ3) is 3.30. The van der Waals surface area contributed by atoms with E-state index in [2.05, 4.69) is 20.9 Å². The molecule has 3 saturated heterocycles. The van der Waals surface area contributed by atoms with E-state index in [0.717, 1.165) is 64.2 Å². The van der Waals surface area contributed by atoms with Gasteiger partial charge >= 0.3 is 5.97 Å². The molecule has 25 heavy (non-hydrogen) atoms. The van der Waals surface area contributed by atoms with Gasteiger partial charge in [0.15, 0.2) is 0 Å². The van der Waals surface area contributed by atoms with Gasteiger partial charge in [0, 0.05) is 57.1 Å². The maximum atomic E-state index is 12.3. The standard InChI is InChI=1S/C19H27N3O3/c23-18(24)19-5-2-7-22(17-4-8-25-13-17)12-16(19)11-21(14-19)10-15-3-1-6-20-9-15/h1,3,6,9,16-17H,2,4-5,7-8,10-14H2,(H,23,24)/t16-,17?,19+/m0/s1. The molecule has 4 rings (SSSR count). The van der Waals surface area contributed by atoms with Gasteiger partial charge in [0.25, 0.3) is 0 Å². The lowest BCUT2D eigenvalue weighted by atomic mass is 9.75. The van der Waals surface area contributed by atoms with Gasteiger partial charge in [0.05, 0.1) is 12.0 Å². The number of pyridine rings is 1. The van der Waals surface area contributed by atoms with Crippen molar-refractivity contribution in [2.24, 2.45) is 11.3 Å². The SMILES string of the molecule is O=C(O)[C@@]12CCCN(C3CCOC3)C[C@@H]1CN(Cc1cccnc1)C2. The van der Waals surface area contributed by atoms with E-state index in [1.54, 1.807) is 6.20 Å². The Bertz CT molecular complexity index is 605. The first-order chi connectivity index (χ1) is 12.2. The molecule has 1 aromatic rings. The Balaban J connectivity index is 1.51. The molecule has 0 saturated carbocycles. The summed E-state index contributed by atoms with van der Waals surface area (Å²) >= 11 is 0. The molecule has 0 bridgehead atoms. The minimum absolute atomic E-state index is 0.185. The number of likely N-dealkylation sites (tertiary alicyclic amines) is 2. The number of nitrogens with zero attached hydrogens (tertiary/aromatic N) is 3. The summed E-state index contributed by atoms with van der Waals surface area (Å²) in [7, 11) is 0. The van der Waals surface area contributed by atoms with E-state index >= 15 is 0 Å². The van der Waals surface area contributed by atoms with Crippen LogP contribution in [0.5, 0.6) is 0 Å². The summed E-state index contributed by atoms with van der Waals surface area (Å²) in [6.07, 6.45) is 6.47. The fraction of sp³-hybridized carbons (Fsp3) is 0.684. The molecular weight excluding hydrogens is 318 g/mol. The summed E-state index contributed by atoms with van der Waals surface area (Å²) in [6, 6.07) is 4.48. The molecule has 4 heterocycles. The van der Waals surface area contributed by atoms with Crippen LogP contribution in [0.15, 0.2) is 24.5 Å². The molecular formula is C19H27N3O3. The van der Waals surface area contributed by atoms with Crippen LogP contribution in [0.4, 0.5) is 0 Å². The molecule has 3 atom stereocenters. The molecule has 3 aliphatic heterocycles. The predicted molar refractivity (Wildman–Crippen MR) is 93.1 cm³/mol. The van der Waals surface area contributed by atoms with Crippen LogP contribution in [0.2, 0.25) is 0 Å². The molecule has 6 nitrogen and oxygen atoms in total. The van der Waals surface area contributed by atoms with Crippen molar-refractivity contribution in [3.63, 3.8) is 0 Å². The van der Waals surface area contributed by atoms with Crippen molar-refractivity contribution in [3.8, 4) is 0 Å². The number of carbonyl (C=O) groups is 1. The predicted octanol–water partition coefficient (Wildman–Crippen LogP) is 1.47. The first-order valence-electron chi connectivity index (χ1n) is 9.34. The molecule has 1 aromatic heterocycles. The molecule has 3 aliphatic rings. The second kappa shape index (κ2) is 7.02. The zero-order valence-electron chi connectivity index (χ0n) is 14.6. The van der Waals surface area contributed by atoms with E-state index in [1.807, 2.05) is 12.3 Å². The summed E-state index contributed by atoms with van der Waals surface area (Å²) in [5.41, 5.74) is 0.553. The lowest BCUT2D eigenvalue weighted by Gasteiger charge is -2.31. The Kier molecular flexibility index (Phi) is 4.75. The number of ether oxygens (including phenoxy) is 1. The highest BCUT2D eigenvalue weighted by Crippen LogP contribution is 2.44. The highest BCUT2D eigenvalue weighted by atomic mass is 16.5. The minimum Gasteiger partial charge on any atom is -0.481 e. The molecule has 6 heteroatoms. The van der Waals surface area contributed by atoms with Gasteiger partial charge in [-0.25, -0.2) is 0 Å². The Labute approximate surface area is 148 Å². The van der Waals surface area contributed by atoms with Crippen LogP contribution >= 0.6 is 0 Å². The summed E-state index contributed by atoms with van der Waals surface area (Å²) < 4.78 is 5.56. The van der Waals surface area contributed by atoms with Crippen LogP contribution in [0.3, 0.4) is 0 Å². The first kappa shape index (κ1) is 16.9. The smallest absolute Gasteiger partial charge is 0.311 e. The van der Waals surface area contributed by atoms with Crippen LogP contribution in [-0.2, 0) is 16.1 Å². The van der Waals surface area contributed by atoms with Crippen molar-refractivity contribution in [1.82, 2.24) is 14.8 Å². The van der Waals surface area contributed by atoms with Crippen LogP contribution in [0.1, 0.15) is 24.8 Å². The van der Waals surface area contributed by atoms with Gasteiger partial charge in [-0.3, -0.25) is 19.6 Å². The Morgan fingerprint density at radius 1 is 1.44 bits per heavy atom. The van der Waals surface area contributed by atoms with Gasteiger partial charge in [-0.05, 0) is 37.4 Å². The van der Waals surface area contributed by atoms with E-state index < -0.39 is 11.4 Å². The molecule has 0 spiro atoms. The lowest BCUT2D eigenvalue weighted by Crippen LogP contribution is -2.44. The summed E-state index contributed by atoms with van der Waals surface area (Å²) in [4.78, 5) is 21.2. The molecule has 0 amide bonds. The van der Waals surface area contributed by atoms with Crippen LogP contribution in [0.25, 0.3) is 0 Å². The van der Waals surface area contributed by atoms with E-state index in [1.165, 1.54) is 0 Å². The topological polar surface area (TPSA) is 65.9 Å². The number of fused-ring (bicyclic) bond motifs is 1. The van der Waals surface area contributed by atoms with E-state index in [0.29, 0.717) is 12.6 Å². The highest BCUT2D eigenvalue weighted by Gasteiger charge is 2.53. The van der Waals surface area contributed by atoms with Gasteiger partial charge in [-0.1, -0.05) is 6.07 Å². The number of carboxylic acids is 1. The molecule has 3 fully saturated rings. The first-order valence-corrected chi connectivity index (χ1v) is 9.34. The van der Waals surface area contributed by atoms with Gasteiger partial charge in [0.2, 0.25) is 0 Å². The fourth-order valence-electron chi connectivity index (χ4n) is 4.93. The molecule has 136 valence electrons. The van der Waals surface area contributed by atoms with Crippen LogP contribution in [0, 0.1) is 11.3 Å². The van der Waals surface area contributed by atoms with Crippen LogP contribution < -0.4 is 0 Å². The molecule has 0 aromatic carbocycles. The largest absolute Gasteiger partial charge is 0.481 e. The number of rotatable bonds is 4. The third-order valence-electron chi connectivity index (χ3n) is 6.27. The van der Waals surface area contributed by atoms with Gasteiger partial charge in [0.1, 0.15) is 0 Å². The average Bonchev–Trinajstić information content (AvgIpc) is 3.21. The fourth-order valence-corrected chi connectivity index (χ4v) is 4.93. The average molecular weight is 345 g/mol. The number of hydrogen-bond acceptors (Lipinski definition) is 5. The van der Waals surface area contributed by atoms with Crippen molar-refractivity contribution in [1.29, 1.82) is 0 Å². The number of aromatic nitrogens is 1. The number of aliphatic carboxylic acids is 1. The molecule has 1 N–H and O–H groups in total. The maximum absolute atomic E-state index is 12.3. The van der Waals surface area contributed by atoms with Crippen LogP contribution in [-0.4, -0.2) is 71.3 Å². The Hall–Kier alpha value is -1.50. The van der Waals surface area contributed by atoms with Crippen molar-refractivity contribution >= 4 is 5.97 Å². The summed E-state index contributed by atoms with van der Waals surface area (Å²) in [5.74, 6) is -0.430. The Morgan fingerprint density at radius 3 is 3.08 bits per heavy atom. The second-order valence-electron chi connectivity index (χ2n) is 7.81. The lowest BCUT2D eigenvalue weighted by molar-refractivity contribution is -0.151. The quantitative estimate of drug-likeness (QED) is 0.891. The van der Waals surface area contributed by atoms with Gasteiger partial charge in [-0.2, -0.15) is 0 Å². The monoisotopic (exact) mass is 345 g/mol. The van der Waals surface area contributed by atoms with Crippen molar-refractivity contribution in [3.05, 3.63) is 30.1 Å². The number of hydrogen-bond donors (Lipinski definition) is 1. The van der Waals surface area contributed by atoms with Crippen molar-refractivity contribution in [2.45, 2.75) is 31.8 Å². The van der Waals surface area contributed by atoms with Gasteiger partial charge < -0.3 is 9.84 Å². The minimum atomic E-state index is -0.615. The second-order valence-corrected chi connectivity index (χ2v) is 7.81. The van der Waals surface area contributed by atoms with E-state index in [-0.39, 0.29) is 5.92 Å². The highest BCUT2D eigenvalue weighted by molar-refractivity contribution is 5.76. The van der Waals surface area contributed by atoms with Crippen molar-refractivity contribution < 1.29 is 14.6 Å². The molecule has 0 radical (unpaired) electrons. The maximum Gasteiger partial charge on any atom is 0.311 e. The van der Waals surface area contributed by atoms with Gasteiger partial charge in [-0.15, -0.1) is 0 Å². The number of carboxylic acid groups (broad SMARTS) is 1. The zero-order chi connectivity index (χ0) is 17.3. The summed E-state index contributed by atoms with van der Waals surface area (Å²) in [5, 5.41) is 10.1. The van der Waals surface area contributed by atoms with E-state index in [4.69, 9.17) is 4.74 Å². The van der Waals surface area contributed by atoms with E-state index in [9.17, 15) is 9.90 Å². The normalized spacial score (nSPS) is 33.9.